The molecule has 0 N–H and O–H groups in total. The Labute approximate surface area is 190 Å². The third-order valence-electron chi connectivity index (χ3n) is 4.81. The number of unbranched alkanes of at least 4 members (excludes halogenated alkanes) is 12. The zero-order valence-corrected chi connectivity index (χ0v) is 20.8. The van der Waals surface area contributed by atoms with Gasteiger partial charge in [-0.3, -0.25) is 4.79 Å². The van der Waals surface area contributed by atoms with Crippen LogP contribution in [0.5, 0.6) is 0 Å². The van der Waals surface area contributed by atoms with Crippen LogP contribution in [0.2, 0.25) is 0 Å². The summed E-state index contributed by atoms with van der Waals surface area (Å²) >= 11 is 0. The average Bonchev–Trinajstić information content (AvgIpc) is 2.57. The van der Waals surface area contributed by atoms with E-state index in [0.29, 0.717) is 13.0 Å². The van der Waals surface area contributed by atoms with Crippen molar-refractivity contribution in [2.45, 2.75) is 103 Å². The predicted octanol–water partition coefficient (Wildman–Crippen LogP) is 1.87. The van der Waals surface area contributed by atoms with Crippen molar-refractivity contribution in [1.82, 2.24) is 4.90 Å². The molecule has 0 radical (unpaired) electrons. The molecule has 0 atom stereocenters. The zero-order chi connectivity index (χ0) is 19.7. The fourth-order valence-corrected chi connectivity index (χ4v) is 3.57. The Morgan fingerprint density at radius 2 is 1.19 bits per heavy atom. The average molecular weight is 414 g/mol. The third kappa shape index (κ3) is 22.5. The first kappa shape index (κ1) is 29.6. The van der Waals surface area contributed by atoms with Crippen molar-refractivity contribution in [3.05, 3.63) is 0 Å². The van der Waals surface area contributed by atoms with Crippen LogP contribution >= 0.6 is 0 Å². The van der Waals surface area contributed by atoms with E-state index in [1.54, 1.807) is 7.05 Å². The van der Waals surface area contributed by atoms with Crippen LogP contribution in [0.25, 0.3) is 0 Å². The molecule has 0 unspecified atom stereocenters. The van der Waals surface area contributed by atoms with Crippen LogP contribution in [0.3, 0.4) is 0 Å². The second kappa shape index (κ2) is 19.7. The van der Waals surface area contributed by atoms with Crippen LogP contribution < -0.4 is 29.6 Å². The quantitative estimate of drug-likeness (QED) is 0.195. The van der Waals surface area contributed by atoms with Gasteiger partial charge in [0.2, 0.25) is 5.91 Å². The van der Waals surface area contributed by atoms with Crippen LogP contribution in [-0.2, 0) is 14.9 Å². The summed E-state index contributed by atoms with van der Waals surface area (Å²) < 4.78 is 31.6. The molecule has 0 spiro atoms. The number of carbonyl (C=O) groups excluding carboxylic acids is 1. The molecule has 0 aliphatic carbocycles. The Balaban J connectivity index is 0. The maximum Gasteiger partial charge on any atom is 1.00 e. The summed E-state index contributed by atoms with van der Waals surface area (Å²) in [5.41, 5.74) is 0. The molecule has 0 bridgehead atoms. The Morgan fingerprint density at radius 3 is 1.59 bits per heavy atom. The van der Waals surface area contributed by atoms with Crippen LogP contribution in [-0.4, -0.2) is 43.1 Å². The maximum absolute atomic E-state index is 11.9. The summed E-state index contributed by atoms with van der Waals surface area (Å²) in [4.78, 5) is 13.4. The van der Waals surface area contributed by atoms with E-state index in [9.17, 15) is 17.8 Å². The van der Waals surface area contributed by atoms with Gasteiger partial charge < -0.3 is 9.45 Å². The van der Waals surface area contributed by atoms with E-state index in [2.05, 4.69) is 6.92 Å². The summed E-state index contributed by atoms with van der Waals surface area (Å²) in [6, 6.07) is 0. The van der Waals surface area contributed by atoms with Gasteiger partial charge >= 0.3 is 29.6 Å². The minimum absolute atomic E-state index is 0. The number of hydrogen-bond acceptors (Lipinski definition) is 4. The van der Waals surface area contributed by atoms with E-state index in [4.69, 9.17) is 0 Å². The Hall–Kier alpha value is 0.380. The molecule has 0 fully saturated rings. The first-order chi connectivity index (χ1) is 12.4. The van der Waals surface area contributed by atoms with Crippen LogP contribution in [0.4, 0.5) is 0 Å². The molecule has 7 heteroatoms. The molecule has 0 rings (SSSR count). The van der Waals surface area contributed by atoms with Gasteiger partial charge in [0.05, 0.1) is 10.1 Å². The molecule has 1 amide bonds. The first-order valence-corrected chi connectivity index (χ1v) is 12.1. The Bertz CT molecular complexity index is 443. The van der Waals surface area contributed by atoms with E-state index in [-0.39, 0.29) is 41.9 Å². The zero-order valence-electron chi connectivity index (χ0n) is 18.0. The van der Waals surface area contributed by atoms with Crippen molar-refractivity contribution >= 4 is 16.0 Å². The van der Waals surface area contributed by atoms with Crippen molar-refractivity contribution in [2.75, 3.05) is 19.3 Å². The fourth-order valence-electron chi connectivity index (χ4n) is 3.09. The van der Waals surface area contributed by atoms with Gasteiger partial charge in [0.15, 0.2) is 0 Å². The number of amides is 1. The monoisotopic (exact) mass is 413 g/mol. The molecule has 5 nitrogen and oxygen atoms in total. The van der Waals surface area contributed by atoms with E-state index < -0.39 is 15.9 Å². The van der Waals surface area contributed by atoms with Crippen LogP contribution in [0.1, 0.15) is 103 Å². The molecule has 0 saturated carbocycles. The number of rotatable bonds is 18. The van der Waals surface area contributed by atoms with E-state index in [0.717, 1.165) is 12.8 Å². The number of carbonyl (C=O) groups is 1. The van der Waals surface area contributed by atoms with E-state index in [1.807, 2.05) is 0 Å². The second-order valence-electron chi connectivity index (χ2n) is 7.42. The van der Waals surface area contributed by atoms with Crippen LogP contribution in [0, 0.1) is 0 Å². The molecule has 0 heterocycles. The van der Waals surface area contributed by atoms with E-state index >= 15 is 0 Å². The topological polar surface area (TPSA) is 77.5 Å². The number of nitrogens with zero attached hydrogens (tertiary/aromatic N) is 1. The minimum atomic E-state index is -4.17. The van der Waals surface area contributed by atoms with Crippen molar-refractivity contribution in [1.29, 1.82) is 0 Å². The standard InChI is InChI=1S/C20H41NO4S.Na/c1-3-4-5-6-7-8-9-10-11-12-13-14-15-17-20(22)21(2)18-16-19-26(23,24)25;/h3-19H2,1-2H3,(H,23,24,25);/q;+1/p-1. The summed E-state index contributed by atoms with van der Waals surface area (Å²) in [6.07, 6.45) is 17.3. The van der Waals surface area contributed by atoms with Crippen molar-refractivity contribution in [3.8, 4) is 0 Å². The molecule has 156 valence electrons. The minimum Gasteiger partial charge on any atom is -0.748 e. The fraction of sp³-hybridized carbons (Fsp3) is 0.950. The Morgan fingerprint density at radius 1 is 0.778 bits per heavy atom. The largest absolute Gasteiger partial charge is 1.00 e. The van der Waals surface area contributed by atoms with Gasteiger partial charge in [0.1, 0.15) is 0 Å². The second-order valence-corrected chi connectivity index (χ2v) is 8.95. The van der Waals surface area contributed by atoms with Gasteiger partial charge in [-0.2, -0.15) is 0 Å². The van der Waals surface area contributed by atoms with Crippen molar-refractivity contribution in [3.63, 3.8) is 0 Å². The molecule has 0 aliphatic heterocycles. The normalized spacial score (nSPS) is 11.2. The van der Waals surface area contributed by atoms with Crippen LogP contribution in [0.15, 0.2) is 0 Å². The third-order valence-corrected chi connectivity index (χ3v) is 5.60. The molecule has 0 aliphatic rings. The van der Waals surface area contributed by atoms with Gasteiger partial charge in [-0.25, -0.2) is 8.42 Å². The molecule has 0 aromatic heterocycles. The van der Waals surface area contributed by atoms with Gasteiger partial charge in [-0.05, 0) is 12.8 Å². The van der Waals surface area contributed by atoms with Crippen molar-refractivity contribution in [2.24, 2.45) is 0 Å². The van der Waals surface area contributed by atoms with Gasteiger partial charge in [0.25, 0.3) is 0 Å². The summed E-state index contributed by atoms with van der Waals surface area (Å²) in [6.45, 7) is 2.58. The summed E-state index contributed by atoms with van der Waals surface area (Å²) in [7, 11) is -2.51. The van der Waals surface area contributed by atoms with E-state index in [1.165, 1.54) is 75.5 Å². The summed E-state index contributed by atoms with van der Waals surface area (Å²) in [5.74, 6) is -0.361. The predicted molar refractivity (Wildman–Crippen MR) is 107 cm³/mol. The molecule has 0 aromatic carbocycles. The molecule has 0 aromatic rings. The summed E-state index contributed by atoms with van der Waals surface area (Å²) in [5, 5.41) is 0. The smallest absolute Gasteiger partial charge is 0.748 e. The maximum atomic E-state index is 11.9. The van der Waals surface area contributed by atoms with Gasteiger partial charge in [0, 0.05) is 25.8 Å². The molecule has 0 saturated heterocycles. The molecule has 27 heavy (non-hydrogen) atoms. The number of hydrogen-bond donors (Lipinski definition) is 0. The van der Waals surface area contributed by atoms with Gasteiger partial charge in [-0.1, -0.05) is 84.0 Å². The van der Waals surface area contributed by atoms with Crippen molar-refractivity contribution < 1.29 is 47.3 Å². The van der Waals surface area contributed by atoms with Gasteiger partial charge in [-0.15, -0.1) is 0 Å². The SMILES string of the molecule is CCCCCCCCCCCCCCCC(=O)N(C)CCCS(=O)(=O)[O-].[Na+]. The first-order valence-electron chi connectivity index (χ1n) is 10.5. The Kier molecular flexibility index (Phi) is 21.6. The molecular formula is C20H40NNaO4S. The molecular weight excluding hydrogens is 373 g/mol.